The number of carbonyl (C=O) groups is 1. The zero-order valence-corrected chi connectivity index (χ0v) is 20.3. The smallest absolute Gasteiger partial charge is 0.475 e. The molecule has 2 aromatic rings. The molecular formula is C24H26BrF3O5. The highest BCUT2D eigenvalue weighted by molar-refractivity contribution is 9.10. The largest absolute Gasteiger partial charge is 0.573 e. The van der Waals surface area contributed by atoms with Gasteiger partial charge in [-0.1, -0.05) is 18.2 Å². The van der Waals surface area contributed by atoms with Crippen molar-refractivity contribution in [1.29, 1.82) is 0 Å². The van der Waals surface area contributed by atoms with E-state index in [0.717, 1.165) is 17.5 Å². The van der Waals surface area contributed by atoms with Crippen LogP contribution in [0.5, 0.6) is 11.5 Å². The Bertz CT molecular complexity index is 975. The van der Waals surface area contributed by atoms with E-state index in [1.54, 1.807) is 46.1 Å². The Morgan fingerprint density at radius 2 is 1.79 bits per heavy atom. The molecule has 9 heteroatoms. The second-order valence-electron chi connectivity index (χ2n) is 8.30. The highest BCUT2D eigenvalue weighted by Crippen LogP contribution is 2.56. The molecule has 1 saturated carbocycles. The third-order valence-electron chi connectivity index (χ3n) is 5.44. The fraction of sp³-hybridized carbons (Fsp3) is 0.458. The molecule has 0 radical (unpaired) electrons. The van der Waals surface area contributed by atoms with E-state index < -0.39 is 17.9 Å². The van der Waals surface area contributed by atoms with Gasteiger partial charge < -0.3 is 18.9 Å². The van der Waals surface area contributed by atoms with Gasteiger partial charge in [0.15, 0.2) is 5.60 Å². The van der Waals surface area contributed by atoms with Gasteiger partial charge in [-0.05, 0) is 90.4 Å². The molecule has 0 N–H and O–H groups in total. The van der Waals surface area contributed by atoms with E-state index in [1.165, 1.54) is 12.1 Å². The quantitative estimate of drug-likeness (QED) is 0.343. The molecule has 0 spiro atoms. The number of esters is 1. The summed E-state index contributed by atoms with van der Waals surface area (Å²) in [4.78, 5) is 12.1. The van der Waals surface area contributed by atoms with Crippen LogP contribution in [0.2, 0.25) is 0 Å². The van der Waals surface area contributed by atoms with Crippen LogP contribution in [0.25, 0.3) is 0 Å². The molecule has 3 rings (SSSR count). The van der Waals surface area contributed by atoms with E-state index in [9.17, 15) is 18.0 Å². The first-order valence-corrected chi connectivity index (χ1v) is 11.3. The predicted molar refractivity (Wildman–Crippen MR) is 119 cm³/mol. The van der Waals surface area contributed by atoms with Gasteiger partial charge in [0.1, 0.15) is 11.5 Å². The van der Waals surface area contributed by atoms with Crippen molar-refractivity contribution < 1.29 is 36.9 Å². The maximum Gasteiger partial charge on any atom is 0.573 e. The van der Waals surface area contributed by atoms with Crippen molar-refractivity contribution >= 4 is 21.9 Å². The van der Waals surface area contributed by atoms with Crippen molar-refractivity contribution in [2.24, 2.45) is 5.92 Å². The summed E-state index contributed by atoms with van der Waals surface area (Å²) < 4.78 is 58.4. The van der Waals surface area contributed by atoms with Gasteiger partial charge in [-0.3, -0.25) is 0 Å². The first kappa shape index (κ1) is 25.4. The molecule has 1 fully saturated rings. The summed E-state index contributed by atoms with van der Waals surface area (Å²) in [6, 6.07) is 11.5. The molecule has 2 aromatic carbocycles. The van der Waals surface area contributed by atoms with Crippen molar-refractivity contribution in [1.82, 2.24) is 0 Å². The Morgan fingerprint density at radius 1 is 1.12 bits per heavy atom. The minimum Gasteiger partial charge on any atom is -0.475 e. The molecule has 5 nitrogen and oxygen atoms in total. The van der Waals surface area contributed by atoms with Gasteiger partial charge in [0, 0.05) is 7.11 Å². The number of benzene rings is 2. The Hall–Kier alpha value is -2.26. The maximum atomic E-state index is 12.4. The summed E-state index contributed by atoms with van der Waals surface area (Å²) in [5.41, 5.74) is 0.729. The van der Waals surface area contributed by atoms with Crippen molar-refractivity contribution in [2.75, 3.05) is 13.7 Å². The molecule has 0 aliphatic heterocycles. The zero-order valence-electron chi connectivity index (χ0n) is 18.7. The van der Waals surface area contributed by atoms with Gasteiger partial charge >= 0.3 is 12.3 Å². The molecule has 3 atom stereocenters. The molecular weight excluding hydrogens is 505 g/mol. The van der Waals surface area contributed by atoms with E-state index in [4.69, 9.17) is 14.2 Å². The highest BCUT2D eigenvalue weighted by Gasteiger charge is 2.45. The summed E-state index contributed by atoms with van der Waals surface area (Å²) in [6.45, 7) is 5.31. The average molecular weight is 531 g/mol. The Morgan fingerprint density at radius 3 is 2.33 bits per heavy atom. The molecule has 0 saturated heterocycles. The lowest BCUT2D eigenvalue weighted by Gasteiger charge is -2.25. The standard InChI is InChI=1S/C24H26BrF3O5/c1-5-31-22(29)23(2,3)33-20-11-8-15(12-19(20)25)17-13-18(17)21(30-4)14-6-9-16(10-7-14)32-24(26,27)28/h6-12,17-18,21H,5,13H2,1-4H3. The molecule has 1 aliphatic rings. The Labute approximate surface area is 199 Å². The van der Waals surface area contributed by atoms with Crippen LogP contribution < -0.4 is 9.47 Å². The SMILES string of the molecule is CCOC(=O)C(C)(C)Oc1ccc(C2CC2C(OC)c2ccc(OC(F)(F)F)cc2)cc1Br. The minimum atomic E-state index is -4.72. The number of alkyl halides is 3. The monoisotopic (exact) mass is 530 g/mol. The van der Waals surface area contributed by atoms with Crippen molar-refractivity contribution in [3.05, 3.63) is 58.1 Å². The van der Waals surface area contributed by atoms with Crippen LogP contribution >= 0.6 is 15.9 Å². The van der Waals surface area contributed by atoms with Crippen LogP contribution in [0.3, 0.4) is 0 Å². The molecule has 1 aliphatic carbocycles. The second-order valence-corrected chi connectivity index (χ2v) is 9.16. The van der Waals surface area contributed by atoms with E-state index >= 15 is 0 Å². The third-order valence-corrected chi connectivity index (χ3v) is 6.06. The Kier molecular flexibility index (Phi) is 7.63. The number of methoxy groups -OCH3 is 1. The second kappa shape index (κ2) is 9.93. The average Bonchev–Trinajstić information content (AvgIpc) is 3.51. The van der Waals surface area contributed by atoms with Crippen LogP contribution in [0.4, 0.5) is 13.2 Å². The van der Waals surface area contributed by atoms with Crippen molar-refractivity contribution in [2.45, 2.75) is 51.2 Å². The fourth-order valence-corrected chi connectivity index (χ4v) is 4.28. The van der Waals surface area contributed by atoms with Gasteiger partial charge in [0.05, 0.1) is 17.2 Å². The molecule has 0 heterocycles. The van der Waals surface area contributed by atoms with Gasteiger partial charge in [0.25, 0.3) is 0 Å². The van der Waals surface area contributed by atoms with Gasteiger partial charge in [0.2, 0.25) is 0 Å². The topological polar surface area (TPSA) is 54.0 Å². The van der Waals surface area contributed by atoms with E-state index in [0.29, 0.717) is 10.2 Å². The van der Waals surface area contributed by atoms with Crippen LogP contribution in [0.1, 0.15) is 50.3 Å². The number of halogens is 4. The maximum absolute atomic E-state index is 12.4. The van der Waals surface area contributed by atoms with Gasteiger partial charge in [-0.2, -0.15) is 0 Å². The van der Waals surface area contributed by atoms with Crippen LogP contribution in [-0.4, -0.2) is 31.6 Å². The normalized spacial score (nSPS) is 19.0. The Balaban J connectivity index is 1.68. The van der Waals surface area contributed by atoms with E-state index in [1.807, 2.05) is 12.1 Å². The predicted octanol–water partition coefficient (Wildman–Crippen LogP) is 6.56. The van der Waals surface area contributed by atoms with E-state index in [-0.39, 0.29) is 30.3 Å². The molecule has 180 valence electrons. The van der Waals surface area contributed by atoms with Gasteiger partial charge in [-0.25, -0.2) is 4.79 Å². The van der Waals surface area contributed by atoms with Crippen LogP contribution in [0, 0.1) is 5.92 Å². The van der Waals surface area contributed by atoms with Crippen LogP contribution in [0.15, 0.2) is 46.9 Å². The molecule has 3 unspecified atom stereocenters. The first-order valence-electron chi connectivity index (χ1n) is 10.5. The zero-order chi connectivity index (χ0) is 24.4. The molecule has 0 amide bonds. The number of ether oxygens (including phenoxy) is 4. The summed E-state index contributed by atoms with van der Waals surface area (Å²) in [6.07, 6.45) is -4.11. The number of carbonyl (C=O) groups excluding carboxylic acids is 1. The lowest BCUT2D eigenvalue weighted by atomic mass is 10.0. The molecule has 33 heavy (non-hydrogen) atoms. The van der Waals surface area contributed by atoms with Gasteiger partial charge in [-0.15, -0.1) is 13.2 Å². The minimum absolute atomic E-state index is 0.180. The summed E-state index contributed by atoms with van der Waals surface area (Å²) in [5, 5.41) is 0. The molecule has 0 aromatic heterocycles. The van der Waals surface area contributed by atoms with Crippen molar-refractivity contribution in [3.8, 4) is 11.5 Å². The van der Waals surface area contributed by atoms with E-state index in [2.05, 4.69) is 20.7 Å². The summed E-state index contributed by atoms with van der Waals surface area (Å²) >= 11 is 3.52. The fourth-order valence-electron chi connectivity index (χ4n) is 3.80. The highest BCUT2D eigenvalue weighted by atomic mass is 79.9. The lowest BCUT2D eigenvalue weighted by Crippen LogP contribution is -2.39. The first-order chi connectivity index (χ1) is 15.4. The number of rotatable bonds is 9. The van der Waals surface area contributed by atoms with Crippen LogP contribution in [-0.2, 0) is 14.3 Å². The number of hydrogen-bond donors (Lipinski definition) is 0. The van der Waals surface area contributed by atoms with Crippen molar-refractivity contribution in [3.63, 3.8) is 0 Å². The summed E-state index contributed by atoms with van der Waals surface area (Å²) in [5.74, 6) is 0.220. The third kappa shape index (κ3) is 6.41. The number of hydrogen-bond acceptors (Lipinski definition) is 5. The summed E-state index contributed by atoms with van der Waals surface area (Å²) in [7, 11) is 1.59. The lowest BCUT2D eigenvalue weighted by molar-refractivity contribution is -0.274. The molecule has 0 bridgehead atoms.